The first kappa shape index (κ1) is 15.0. The Labute approximate surface area is 112 Å². The number of amides is 2. The number of rotatable bonds is 6. The van der Waals surface area contributed by atoms with Gasteiger partial charge in [0.05, 0.1) is 0 Å². The quantitative estimate of drug-likeness (QED) is 0.706. The van der Waals surface area contributed by atoms with Crippen LogP contribution in [0, 0.1) is 0 Å². The number of nitrogens with zero attached hydrogens (tertiary/aromatic N) is 1. The van der Waals surface area contributed by atoms with Crippen molar-refractivity contribution >= 4 is 12.0 Å². The molecule has 0 aliphatic carbocycles. The van der Waals surface area contributed by atoms with E-state index in [1.54, 1.807) is 30.3 Å². The number of likely N-dealkylation sites (N-methyl/N-ethyl adjacent to an activating group) is 1. The van der Waals surface area contributed by atoms with E-state index in [1.165, 1.54) is 0 Å². The molecule has 0 saturated carbocycles. The van der Waals surface area contributed by atoms with Gasteiger partial charge in [-0.05, 0) is 19.7 Å². The van der Waals surface area contributed by atoms with E-state index in [-0.39, 0.29) is 0 Å². The predicted molar refractivity (Wildman–Crippen MR) is 71.9 cm³/mol. The lowest BCUT2D eigenvalue weighted by atomic mass is 10.1. The molecular weight excluding hydrogens is 246 g/mol. The van der Waals surface area contributed by atoms with Gasteiger partial charge in [-0.25, -0.2) is 9.59 Å². The lowest BCUT2D eigenvalue weighted by Crippen LogP contribution is -2.42. The van der Waals surface area contributed by atoms with Crippen LogP contribution in [0.15, 0.2) is 30.3 Å². The number of carboxylic acids is 1. The molecule has 0 aliphatic heterocycles. The van der Waals surface area contributed by atoms with Crippen molar-refractivity contribution in [2.45, 2.75) is 6.04 Å². The number of carbonyl (C=O) groups excluding carboxylic acids is 1. The molecular formula is C13H19N3O3. The summed E-state index contributed by atoms with van der Waals surface area (Å²) in [6.45, 7) is 1.15. The van der Waals surface area contributed by atoms with E-state index in [2.05, 4.69) is 10.6 Å². The second kappa shape index (κ2) is 7.38. The maximum atomic E-state index is 11.6. The predicted octanol–water partition coefficient (Wildman–Crippen LogP) is 0.673. The largest absolute Gasteiger partial charge is 0.479 e. The third-order valence-electron chi connectivity index (χ3n) is 2.50. The Balaban J connectivity index is 2.55. The Morgan fingerprint density at radius 2 is 1.89 bits per heavy atom. The summed E-state index contributed by atoms with van der Waals surface area (Å²) in [6, 6.07) is 7.06. The standard InChI is InChI=1S/C13H19N3O3/c1-16(2)9-8-14-13(19)15-11(12(17)18)10-6-4-3-5-7-10/h3-7,11H,8-9H2,1-2H3,(H,17,18)(H2,14,15,19)/t11-/m0/s1. The summed E-state index contributed by atoms with van der Waals surface area (Å²) in [5, 5.41) is 14.2. The number of urea groups is 1. The fourth-order valence-corrected chi connectivity index (χ4v) is 1.51. The highest BCUT2D eigenvalue weighted by Gasteiger charge is 2.21. The van der Waals surface area contributed by atoms with Crippen molar-refractivity contribution in [3.63, 3.8) is 0 Å². The number of carbonyl (C=O) groups is 2. The normalized spacial score (nSPS) is 11.9. The molecule has 6 nitrogen and oxygen atoms in total. The van der Waals surface area contributed by atoms with Crippen LogP contribution in [0.5, 0.6) is 0 Å². The Bertz CT molecular complexity index is 420. The summed E-state index contributed by atoms with van der Waals surface area (Å²) in [6.07, 6.45) is 0. The van der Waals surface area contributed by atoms with Crippen molar-refractivity contribution in [3.8, 4) is 0 Å². The Morgan fingerprint density at radius 1 is 1.26 bits per heavy atom. The van der Waals surface area contributed by atoms with Crippen LogP contribution in [0.3, 0.4) is 0 Å². The summed E-state index contributed by atoms with van der Waals surface area (Å²) in [5.41, 5.74) is 0.540. The van der Waals surface area contributed by atoms with Crippen LogP contribution in [-0.4, -0.2) is 49.2 Å². The van der Waals surface area contributed by atoms with Crippen molar-refractivity contribution in [3.05, 3.63) is 35.9 Å². The van der Waals surface area contributed by atoms with E-state index in [1.807, 2.05) is 19.0 Å². The van der Waals surface area contributed by atoms with Gasteiger partial charge < -0.3 is 20.6 Å². The van der Waals surface area contributed by atoms with Crippen molar-refractivity contribution in [2.75, 3.05) is 27.2 Å². The average molecular weight is 265 g/mol. The SMILES string of the molecule is CN(C)CCNC(=O)N[C@H](C(=O)O)c1ccccc1. The minimum Gasteiger partial charge on any atom is -0.479 e. The highest BCUT2D eigenvalue weighted by Crippen LogP contribution is 2.12. The van der Waals surface area contributed by atoms with Gasteiger partial charge in [0, 0.05) is 13.1 Å². The van der Waals surface area contributed by atoms with Crippen LogP contribution < -0.4 is 10.6 Å². The first-order valence-corrected chi connectivity index (χ1v) is 5.97. The molecule has 19 heavy (non-hydrogen) atoms. The van der Waals surface area contributed by atoms with E-state index in [4.69, 9.17) is 5.11 Å². The second-order valence-electron chi connectivity index (χ2n) is 4.39. The molecule has 0 aromatic heterocycles. The van der Waals surface area contributed by atoms with Crippen LogP contribution in [0.1, 0.15) is 11.6 Å². The van der Waals surface area contributed by atoms with E-state index >= 15 is 0 Å². The fourth-order valence-electron chi connectivity index (χ4n) is 1.51. The Kier molecular flexibility index (Phi) is 5.81. The Morgan fingerprint density at radius 3 is 2.42 bits per heavy atom. The molecule has 0 saturated heterocycles. The summed E-state index contributed by atoms with van der Waals surface area (Å²) in [7, 11) is 3.78. The summed E-state index contributed by atoms with van der Waals surface area (Å²) >= 11 is 0. The molecule has 2 amide bonds. The Hall–Kier alpha value is -2.08. The van der Waals surface area contributed by atoms with Crippen LogP contribution >= 0.6 is 0 Å². The lowest BCUT2D eigenvalue weighted by Gasteiger charge is -2.16. The van der Waals surface area contributed by atoms with Crippen molar-refractivity contribution in [1.82, 2.24) is 15.5 Å². The van der Waals surface area contributed by atoms with E-state index in [0.29, 0.717) is 18.7 Å². The third-order valence-corrected chi connectivity index (χ3v) is 2.50. The van der Waals surface area contributed by atoms with Crippen LogP contribution in [-0.2, 0) is 4.79 Å². The molecule has 0 spiro atoms. The van der Waals surface area contributed by atoms with Crippen LogP contribution in [0.25, 0.3) is 0 Å². The number of benzene rings is 1. The van der Waals surface area contributed by atoms with Gasteiger partial charge in [-0.2, -0.15) is 0 Å². The molecule has 0 fully saturated rings. The smallest absolute Gasteiger partial charge is 0.330 e. The third kappa shape index (κ3) is 5.39. The lowest BCUT2D eigenvalue weighted by molar-refractivity contribution is -0.139. The molecule has 1 atom stereocenters. The van der Waals surface area contributed by atoms with Crippen molar-refractivity contribution in [1.29, 1.82) is 0 Å². The van der Waals surface area contributed by atoms with E-state index in [0.717, 1.165) is 0 Å². The van der Waals surface area contributed by atoms with Gasteiger partial charge in [0.25, 0.3) is 0 Å². The number of hydrogen-bond donors (Lipinski definition) is 3. The van der Waals surface area contributed by atoms with Gasteiger partial charge in [-0.15, -0.1) is 0 Å². The monoisotopic (exact) mass is 265 g/mol. The van der Waals surface area contributed by atoms with E-state index < -0.39 is 18.0 Å². The molecule has 1 aromatic rings. The topological polar surface area (TPSA) is 81.7 Å². The van der Waals surface area contributed by atoms with E-state index in [9.17, 15) is 9.59 Å². The van der Waals surface area contributed by atoms with Gasteiger partial charge in [-0.1, -0.05) is 30.3 Å². The fraction of sp³-hybridized carbons (Fsp3) is 0.385. The summed E-state index contributed by atoms with van der Waals surface area (Å²) in [4.78, 5) is 24.7. The number of carboxylic acid groups (broad SMARTS) is 1. The van der Waals surface area contributed by atoms with Gasteiger partial charge >= 0.3 is 12.0 Å². The maximum absolute atomic E-state index is 11.6. The van der Waals surface area contributed by atoms with Crippen molar-refractivity contribution in [2.24, 2.45) is 0 Å². The number of hydrogen-bond acceptors (Lipinski definition) is 3. The minimum atomic E-state index is -1.09. The minimum absolute atomic E-state index is 0.458. The summed E-state index contributed by atoms with van der Waals surface area (Å²) in [5.74, 6) is -1.09. The average Bonchev–Trinajstić information content (AvgIpc) is 2.36. The highest BCUT2D eigenvalue weighted by atomic mass is 16.4. The van der Waals surface area contributed by atoms with Crippen molar-refractivity contribution < 1.29 is 14.7 Å². The molecule has 0 heterocycles. The maximum Gasteiger partial charge on any atom is 0.330 e. The van der Waals surface area contributed by atoms with Gasteiger partial charge in [0.2, 0.25) is 0 Å². The number of nitrogens with one attached hydrogen (secondary N) is 2. The first-order chi connectivity index (χ1) is 9.00. The zero-order valence-corrected chi connectivity index (χ0v) is 11.1. The molecule has 1 rings (SSSR count). The zero-order valence-electron chi connectivity index (χ0n) is 11.1. The molecule has 0 radical (unpaired) electrons. The number of aliphatic carboxylic acids is 1. The molecule has 104 valence electrons. The van der Waals surface area contributed by atoms with Crippen LogP contribution in [0.4, 0.5) is 4.79 Å². The van der Waals surface area contributed by atoms with Crippen LogP contribution in [0.2, 0.25) is 0 Å². The summed E-state index contributed by atoms with van der Waals surface area (Å²) < 4.78 is 0. The molecule has 0 unspecified atom stereocenters. The highest BCUT2D eigenvalue weighted by molar-refractivity contribution is 5.83. The molecule has 3 N–H and O–H groups in total. The molecule has 0 aliphatic rings. The van der Waals surface area contributed by atoms with Gasteiger partial charge in [0.1, 0.15) is 0 Å². The molecule has 6 heteroatoms. The second-order valence-corrected chi connectivity index (χ2v) is 4.39. The molecule has 1 aromatic carbocycles. The molecule has 0 bridgehead atoms. The zero-order chi connectivity index (χ0) is 14.3. The van der Waals surface area contributed by atoms with Gasteiger partial charge in [0.15, 0.2) is 6.04 Å². The first-order valence-electron chi connectivity index (χ1n) is 5.97. The van der Waals surface area contributed by atoms with Gasteiger partial charge in [-0.3, -0.25) is 0 Å².